The third kappa shape index (κ3) is 3.63. The lowest BCUT2D eigenvalue weighted by molar-refractivity contribution is 0.106. The molecule has 4 aromatic rings. The van der Waals surface area contributed by atoms with Crippen molar-refractivity contribution in [2.75, 3.05) is 39.2 Å². The van der Waals surface area contributed by atoms with Gasteiger partial charge in [0, 0.05) is 56.5 Å². The first-order valence-electron chi connectivity index (χ1n) is 12.3. The van der Waals surface area contributed by atoms with Gasteiger partial charge in [-0.05, 0) is 63.2 Å². The van der Waals surface area contributed by atoms with Gasteiger partial charge in [-0.25, -0.2) is 9.78 Å². The molecule has 6 rings (SSSR count). The number of rotatable bonds is 5. The van der Waals surface area contributed by atoms with Crippen molar-refractivity contribution in [1.82, 2.24) is 24.0 Å². The average Bonchev–Trinajstić information content (AvgIpc) is 3.40. The van der Waals surface area contributed by atoms with Gasteiger partial charge in [0.1, 0.15) is 5.82 Å². The first-order valence-corrected chi connectivity index (χ1v) is 12.3. The highest BCUT2D eigenvalue weighted by Gasteiger charge is 2.30. The molecule has 1 aliphatic heterocycles. The van der Waals surface area contributed by atoms with Crippen LogP contribution < -0.4 is 10.6 Å². The molecule has 1 aliphatic carbocycles. The van der Waals surface area contributed by atoms with Gasteiger partial charge in [-0.1, -0.05) is 6.07 Å². The van der Waals surface area contributed by atoms with Crippen molar-refractivity contribution in [2.24, 2.45) is 7.05 Å². The lowest BCUT2D eigenvalue weighted by atomic mass is 10.0. The second kappa shape index (κ2) is 8.46. The van der Waals surface area contributed by atoms with Crippen molar-refractivity contribution in [3.8, 4) is 11.1 Å². The highest BCUT2D eigenvalue weighted by atomic mass is 16.5. The van der Waals surface area contributed by atoms with Crippen molar-refractivity contribution in [1.29, 1.82) is 0 Å². The van der Waals surface area contributed by atoms with E-state index in [0.717, 1.165) is 71.2 Å². The Bertz CT molecular complexity index is 1450. The highest BCUT2D eigenvalue weighted by Crippen LogP contribution is 2.36. The van der Waals surface area contributed by atoms with Crippen LogP contribution in [0.15, 0.2) is 47.5 Å². The molecule has 2 fully saturated rings. The van der Waals surface area contributed by atoms with E-state index < -0.39 is 0 Å². The Hall–Kier alpha value is -3.23. The molecule has 8 nitrogen and oxygen atoms in total. The molecule has 0 spiro atoms. The number of benzene rings is 1. The van der Waals surface area contributed by atoms with Gasteiger partial charge in [0.25, 0.3) is 0 Å². The molecule has 2 atom stereocenters. The van der Waals surface area contributed by atoms with Gasteiger partial charge < -0.3 is 14.5 Å². The van der Waals surface area contributed by atoms with Crippen LogP contribution in [-0.2, 0) is 11.8 Å². The number of aromatic nitrogens is 4. The Balaban J connectivity index is 1.40. The second-order valence-corrected chi connectivity index (χ2v) is 10.2. The summed E-state index contributed by atoms with van der Waals surface area (Å²) < 4.78 is 9.30. The molecule has 182 valence electrons. The van der Waals surface area contributed by atoms with Crippen LogP contribution in [0.3, 0.4) is 0 Å². The molecule has 2 unspecified atom stereocenters. The quantitative estimate of drug-likeness (QED) is 0.443. The lowest BCUT2D eigenvalue weighted by Crippen LogP contribution is -2.57. The first-order chi connectivity index (χ1) is 16.9. The van der Waals surface area contributed by atoms with E-state index in [1.165, 1.54) is 0 Å². The van der Waals surface area contributed by atoms with Crippen LogP contribution in [0.5, 0.6) is 0 Å². The monoisotopic (exact) mass is 472 g/mol. The van der Waals surface area contributed by atoms with E-state index in [9.17, 15) is 4.79 Å². The number of hydrogen-bond donors (Lipinski definition) is 0. The van der Waals surface area contributed by atoms with Gasteiger partial charge in [-0.15, -0.1) is 0 Å². The van der Waals surface area contributed by atoms with Crippen molar-refractivity contribution < 1.29 is 4.74 Å². The molecule has 0 N–H and O–H groups in total. The van der Waals surface area contributed by atoms with E-state index >= 15 is 0 Å². The zero-order chi connectivity index (χ0) is 24.3. The minimum Gasteiger partial charge on any atom is -0.381 e. The van der Waals surface area contributed by atoms with Gasteiger partial charge in [0.2, 0.25) is 0 Å². The number of methoxy groups -OCH3 is 1. The minimum atomic E-state index is 0.0121. The number of anilines is 1. The summed E-state index contributed by atoms with van der Waals surface area (Å²) in [5.41, 5.74) is 4.86. The van der Waals surface area contributed by atoms with Crippen molar-refractivity contribution in [3.63, 3.8) is 0 Å². The summed E-state index contributed by atoms with van der Waals surface area (Å²) in [5.74, 6) is 1.02. The molecular weight excluding hydrogens is 440 g/mol. The predicted octanol–water partition coefficient (Wildman–Crippen LogP) is 3.44. The average molecular weight is 473 g/mol. The predicted molar refractivity (Wildman–Crippen MR) is 139 cm³/mol. The molecule has 1 aromatic carbocycles. The maximum atomic E-state index is 13.3. The van der Waals surface area contributed by atoms with Crippen molar-refractivity contribution >= 4 is 27.8 Å². The number of likely N-dealkylation sites (N-methyl/N-ethyl adjacent to an activating group) is 1. The Labute approximate surface area is 204 Å². The summed E-state index contributed by atoms with van der Waals surface area (Å²) in [6.45, 7) is 2.02. The molecule has 8 heteroatoms. The minimum absolute atomic E-state index is 0.0121. The maximum absolute atomic E-state index is 13.3. The number of imidazole rings is 1. The number of aryl methyl sites for hydroxylation is 1. The highest BCUT2D eigenvalue weighted by molar-refractivity contribution is 6.04. The third-order valence-corrected chi connectivity index (χ3v) is 7.97. The van der Waals surface area contributed by atoms with Crippen LogP contribution in [-0.4, -0.2) is 70.4 Å². The zero-order valence-corrected chi connectivity index (χ0v) is 20.8. The van der Waals surface area contributed by atoms with E-state index in [0.29, 0.717) is 6.04 Å². The number of ether oxygens (including phenoxy) is 1. The number of fused-ring (bicyclic) bond motifs is 3. The number of nitrogens with zero attached hydrogens (tertiary/aromatic N) is 6. The van der Waals surface area contributed by atoms with Crippen molar-refractivity contribution in [3.05, 3.63) is 53.2 Å². The van der Waals surface area contributed by atoms with E-state index in [-0.39, 0.29) is 17.8 Å². The fraction of sp³-hybridized carbons (Fsp3) is 0.444. The van der Waals surface area contributed by atoms with Gasteiger partial charge in [0.05, 0.1) is 28.9 Å². The van der Waals surface area contributed by atoms with E-state index in [4.69, 9.17) is 9.72 Å². The summed E-state index contributed by atoms with van der Waals surface area (Å²) in [6.07, 6.45) is 6.75. The van der Waals surface area contributed by atoms with Crippen LogP contribution in [0, 0.1) is 0 Å². The summed E-state index contributed by atoms with van der Waals surface area (Å²) in [4.78, 5) is 27.3. The SMILES string of the molecule is COC1CCC(n2c(=O)n(C)c3cnc4ccc(-c5ccc(N6CC(N(C)C)C6)nc5)cc4c32)C1. The molecule has 1 saturated heterocycles. The van der Waals surface area contributed by atoms with Gasteiger partial charge in [-0.2, -0.15) is 0 Å². The summed E-state index contributed by atoms with van der Waals surface area (Å²) in [5, 5.41) is 0.999. The topological polar surface area (TPSA) is 68.4 Å². The lowest BCUT2D eigenvalue weighted by Gasteiger charge is -2.43. The molecule has 0 radical (unpaired) electrons. The first kappa shape index (κ1) is 22.2. The molecule has 35 heavy (non-hydrogen) atoms. The standard InChI is InChI=1S/C27H32N6O2/c1-30(2)20-15-32(16-20)25-10-6-18(13-29-25)17-5-9-23-22(11-17)26-24(14-28-23)31(3)27(34)33(26)19-7-8-21(12-19)35-4/h5-6,9-11,13-14,19-21H,7-8,12,15-16H2,1-4H3. The maximum Gasteiger partial charge on any atom is 0.329 e. The molecule has 1 saturated carbocycles. The normalized spacial score (nSPS) is 20.9. The summed E-state index contributed by atoms with van der Waals surface area (Å²) in [7, 11) is 7.84. The van der Waals surface area contributed by atoms with E-state index in [1.54, 1.807) is 11.7 Å². The Morgan fingerprint density at radius 1 is 1.03 bits per heavy atom. The molecule has 0 amide bonds. The zero-order valence-electron chi connectivity index (χ0n) is 20.8. The van der Waals surface area contributed by atoms with Crippen LogP contribution in [0.4, 0.5) is 5.82 Å². The van der Waals surface area contributed by atoms with Gasteiger partial charge >= 0.3 is 5.69 Å². The van der Waals surface area contributed by atoms with E-state index in [1.807, 2.05) is 30.1 Å². The summed E-state index contributed by atoms with van der Waals surface area (Å²) in [6, 6.07) is 11.3. The number of pyridine rings is 2. The molecular formula is C27H32N6O2. The fourth-order valence-electron chi connectivity index (χ4n) is 5.62. The summed E-state index contributed by atoms with van der Waals surface area (Å²) >= 11 is 0. The Morgan fingerprint density at radius 2 is 1.83 bits per heavy atom. The van der Waals surface area contributed by atoms with E-state index in [2.05, 4.69) is 53.1 Å². The molecule has 0 bridgehead atoms. The van der Waals surface area contributed by atoms with Crippen LogP contribution in [0.1, 0.15) is 25.3 Å². The van der Waals surface area contributed by atoms with Crippen molar-refractivity contribution in [2.45, 2.75) is 37.5 Å². The van der Waals surface area contributed by atoms with Gasteiger partial charge in [0.15, 0.2) is 0 Å². The van der Waals surface area contributed by atoms with Crippen LogP contribution in [0.25, 0.3) is 33.1 Å². The molecule has 4 heterocycles. The Kier molecular flexibility index (Phi) is 5.38. The fourth-order valence-corrected chi connectivity index (χ4v) is 5.62. The molecule has 3 aromatic heterocycles. The van der Waals surface area contributed by atoms with Crippen LogP contribution >= 0.6 is 0 Å². The largest absolute Gasteiger partial charge is 0.381 e. The third-order valence-electron chi connectivity index (χ3n) is 7.97. The second-order valence-electron chi connectivity index (χ2n) is 10.2. The van der Waals surface area contributed by atoms with Crippen LogP contribution in [0.2, 0.25) is 0 Å². The molecule has 2 aliphatic rings. The Morgan fingerprint density at radius 3 is 2.51 bits per heavy atom. The van der Waals surface area contributed by atoms with Gasteiger partial charge in [-0.3, -0.25) is 14.1 Å². The smallest absolute Gasteiger partial charge is 0.329 e. The number of hydrogen-bond acceptors (Lipinski definition) is 6.